The van der Waals surface area contributed by atoms with Gasteiger partial charge in [-0.1, -0.05) is 6.92 Å². The lowest BCUT2D eigenvalue weighted by Crippen LogP contribution is -2.48. The molecule has 136 valence electrons. The van der Waals surface area contributed by atoms with Crippen LogP contribution in [0, 0.1) is 5.41 Å². The minimum Gasteiger partial charge on any atom is -0.444 e. The molecule has 1 aliphatic heterocycles. The number of amides is 1. The summed E-state index contributed by atoms with van der Waals surface area (Å²) in [5, 5.41) is 3.32. The van der Waals surface area contributed by atoms with Crippen LogP contribution in [0.4, 0.5) is 4.79 Å². The first-order valence-electron chi connectivity index (χ1n) is 8.19. The molecule has 1 rings (SSSR count). The Labute approximate surface area is 140 Å². The zero-order valence-electron chi connectivity index (χ0n) is 15.3. The molecule has 0 saturated carbocycles. The molecule has 0 spiro atoms. The van der Waals surface area contributed by atoms with Crippen LogP contribution < -0.4 is 5.32 Å². The van der Waals surface area contributed by atoms with Crippen molar-refractivity contribution < 1.29 is 17.9 Å². The third-order valence-electron chi connectivity index (χ3n) is 4.05. The molecular weight excluding hydrogens is 316 g/mol. The number of rotatable bonds is 5. The van der Waals surface area contributed by atoms with E-state index in [1.165, 1.54) is 6.26 Å². The summed E-state index contributed by atoms with van der Waals surface area (Å²) in [6.07, 6.45) is 2.76. The predicted molar refractivity (Wildman–Crippen MR) is 92.3 cm³/mol. The lowest BCUT2D eigenvalue weighted by Gasteiger charge is -2.40. The minimum atomic E-state index is -2.97. The minimum absolute atomic E-state index is 0.0642. The van der Waals surface area contributed by atoms with Crippen LogP contribution in [0.1, 0.15) is 47.5 Å². The Morgan fingerprint density at radius 3 is 2.26 bits per heavy atom. The number of hydrogen-bond acceptors (Lipinski definition) is 5. The molecule has 0 radical (unpaired) electrons. The number of sulfone groups is 1. The van der Waals surface area contributed by atoms with E-state index in [0.29, 0.717) is 13.1 Å². The van der Waals surface area contributed by atoms with E-state index in [9.17, 15) is 13.2 Å². The Balaban J connectivity index is 2.43. The molecule has 1 N–H and O–H groups in total. The van der Waals surface area contributed by atoms with Crippen LogP contribution in [0.25, 0.3) is 0 Å². The number of piperidine rings is 1. The summed E-state index contributed by atoms with van der Waals surface area (Å²) in [6, 6.07) is -0.0642. The molecule has 1 fully saturated rings. The van der Waals surface area contributed by atoms with Crippen molar-refractivity contribution in [2.75, 3.05) is 31.6 Å². The van der Waals surface area contributed by atoms with Gasteiger partial charge in [-0.15, -0.1) is 0 Å². The molecular formula is C16H32N2O4S. The average molecular weight is 349 g/mol. The van der Waals surface area contributed by atoms with Gasteiger partial charge in [0.2, 0.25) is 0 Å². The fourth-order valence-corrected chi connectivity index (χ4v) is 3.69. The number of hydrogen-bond donors (Lipinski definition) is 1. The SMILES string of the molecule is CC(CS(C)(=O)=O)NCC1(C)CCN(C(=O)OC(C)(C)C)CC1. The van der Waals surface area contributed by atoms with Crippen LogP contribution >= 0.6 is 0 Å². The van der Waals surface area contributed by atoms with Crippen LogP contribution in [0.5, 0.6) is 0 Å². The summed E-state index contributed by atoms with van der Waals surface area (Å²) in [6.45, 7) is 11.8. The van der Waals surface area contributed by atoms with Crippen molar-refractivity contribution in [3.63, 3.8) is 0 Å². The molecule has 1 aliphatic rings. The highest BCUT2D eigenvalue weighted by Crippen LogP contribution is 2.30. The molecule has 23 heavy (non-hydrogen) atoms. The summed E-state index contributed by atoms with van der Waals surface area (Å²) < 4.78 is 28.0. The first-order chi connectivity index (χ1) is 10.3. The van der Waals surface area contributed by atoms with Crippen LogP contribution in [0.3, 0.4) is 0 Å². The van der Waals surface area contributed by atoms with Gasteiger partial charge < -0.3 is 15.0 Å². The summed E-state index contributed by atoms with van der Waals surface area (Å²) in [5.41, 5.74) is -0.398. The molecule has 1 amide bonds. The lowest BCUT2D eigenvalue weighted by atomic mass is 9.80. The maximum absolute atomic E-state index is 12.1. The van der Waals surface area contributed by atoms with Crippen molar-refractivity contribution in [1.82, 2.24) is 10.2 Å². The van der Waals surface area contributed by atoms with E-state index in [-0.39, 0.29) is 23.3 Å². The number of carbonyl (C=O) groups is 1. The Kier molecular flexibility index (Phi) is 6.49. The number of nitrogens with one attached hydrogen (secondary N) is 1. The van der Waals surface area contributed by atoms with E-state index in [1.807, 2.05) is 27.7 Å². The average Bonchev–Trinajstić information content (AvgIpc) is 2.33. The zero-order chi connectivity index (χ0) is 17.9. The first kappa shape index (κ1) is 20.2. The van der Waals surface area contributed by atoms with Crippen molar-refractivity contribution in [3.05, 3.63) is 0 Å². The Morgan fingerprint density at radius 1 is 1.30 bits per heavy atom. The fraction of sp³-hybridized carbons (Fsp3) is 0.938. The summed E-state index contributed by atoms with van der Waals surface area (Å²) in [7, 11) is -2.97. The largest absolute Gasteiger partial charge is 0.444 e. The second kappa shape index (κ2) is 7.38. The number of nitrogens with zero attached hydrogens (tertiary/aromatic N) is 1. The maximum atomic E-state index is 12.1. The van der Waals surface area contributed by atoms with Crippen molar-refractivity contribution in [3.8, 4) is 0 Å². The second-order valence-electron chi connectivity index (χ2n) is 8.15. The van der Waals surface area contributed by atoms with Gasteiger partial charge in [0.05, 0.1) is 5.75 Å². The van der Waals surface area contributed by atoms with Gasteiger partial charge in [0, 0.05) is 31.9 Å². The lowest BCUT2D eigenvalue weighted by molar-refractivity contribution is 0.0118. The molecule has 6 nitrogen and oxygen atoms in total. The summed E-state index contributed by atoms with van der Waals surface area (Å²) >= 11 is 0. The molecule has 0 aliphatic carbocycles. The van der Waals surface area contributed by atoms with Crippen LogP contribution in [-0.4, -0.2) is 62.7 Å². The van der Waals surface area contributed by atoms with Crippen molar-refractivity contribution in [1.29, 1.82) is 0 Å². The molecule has 0 aromatic heterocycles. The normalized spacial score (nSPS) is 20.2. The number of carbonyl (C=O) groups excluding carboxylic acids is 1. The second-order valence-corrected chi connectivity index (χ2v) is 10.3. The molecule has 1 atom stereocenters. The van der Waals surface area contributed by atoms with Gasteiger partial charge in [-0.05, 0) is 46.0 Å². The van der Waals surface area contributed by atoms with E-state index in [2.05, 4.69) is 12.2 Å². The molecule has 0 aromatic rings. The monoisotopic (exact) mass is 348 g/mol. The van der Waals surface area contributed by atoms with Crippen LogP contribution in [0.15, 0.2) is 0 Å². The van der Waals surface area contributed by atoms with Gasteiger partial charge in [0.1, 0.15) is 15.4 Å². The van der Waals surface area contributed by atoms with Gasteiger partial charge in [-0.25, -0.2) is 13.2 Å². The van der Waals surface area contributed by atoms with Crippen LogP contribution in [-0.2, 0) is 14.6 Å². The van der Waals surface area contributed by atoms with Gasteiger partial charge in [-0.2, -0.15) is 0 Å². The van der Waals surface area contributed by atoms with Crippen LogP contribution in [0.2, 0.25) is 0 Å². The topological polar surface area (TPSA) is 75.7 Å². The van der Waals surface area contributed by atoms with E-state index < -0.39 is 15.4 Å². The molecule has 7 heteroatoms. The van der Waals surface area contributed by atoms with Crippen molar-refractivity contribution >= 4 is 15.9 Å². The smallest absolute Gasteiger partial charge is 0.410 e. The van der Waals surface area contributed by atoms with Gasteiger partial charge in [0.15, 0.2) is 0 Å². The van der Waals surface area contributed by atoms with Crippen molar-refractivity contribution in [2.24, 2.45) is 5.41 Å². The predicted octanol–water partition coefficient (Wildman–Crippen LogP) is 2.05. The van der Waals surface area contributed by atoms with E-state index >= 15 is 0 Å². The third kappa shape index (κ3) is 8.01. The van der Waals surface area contributed by atoms with Crippen molar-refractivity contribution in [2.45, 2.75) is 59.1 Å². The molecule has 1 unspecified atom stereocenters. The van der Waals surface area contributed by atoms with E-state index in [4.69, 9.17) is 4.74 Å². The van der Waals surface area contributed by atoms with Gasteiger partial charge >= 0.3 is 6.09 Å². The summed E-state index contributed by atoms with van der Waals surface area (Å²) in [4.78, 5) is 13.8. The van der Waals surface area contributed by atoms with E-state index in [1.54, 1.807) is 4.90 Å². The Bertz CT molecular complexity index is 503. The molecule has 1 saturated heterocycles. The first-order valence-corrected chi connectivity index (χ1v) is 10.2. The quantitative estimate of drug-likeness (QED) is 0.823. The third-order valence-corrected chi connectivity index (χ3v) is 5.16. The Hall–Kier alpha value is -0.820. The Morgan fingerprint density at radius 2 is 1.83 bits per heavy atom. The fourth-order valence-electron chi connectivity index (χ4n) is 2.67. The standard InChI is InChI=1S/C16H32N2O4S/c1-13(11-23(6,20)21)17-12-16(5)7-9-18(10-8-16)14(19)22-15(2,3)4/h13,17H,7-12H2,1-6H3. The molecule has 0 bridgehead atoms. The number of ether oxygens (including phenoxy) is 1. The summed E-state index contributed by atoms with van der Waals surface area (Å²) in [5.74, 6) is 0.146. The molecule has 0 aromatic carbocycles. The van der Waals surface area contributed by atoms with Gasteiger partial charge in [-0.3, -0.25) is 0 Å². The highest BCUT2D eigenvalue weighted by Gasteiger charge is 2.33. The highest BCUT2D eigenvalue weighted by molar-refractivity contribution is 7.90. The van der Waals surface area contributed by atoms with E-state index in [0.717, 1.165) is 19.4 Å². The zero-order valence-corrected chi connectivity index (χ0v) is 16.1. The molecule has 1 heterocycles. The number of likely N-dealkylation sites (tertiary alicyclic amines) is 1. The maximum Gasteiger partial charge on any atom is 0.410 e. The van der Waals surface area contributed by atoms with Gasteiger partial charge in [0.25, 0.3) is 0 Å². The highest BCUT2D eigenvalue weighted by atomic mass is 32.2.